The Balaban J connectivity index is 1.63. The van der Waals surface area contributed by atoms with Gasteiger partial charge in [0.2, 0.25) is 5.91 Å². The van der Waals surface area contributed by atoms with E-state index in [0.717, 1.165) is 25.0 Å². The van der Waals surface area contributed by atoms with Gasteiger partial charge < -0.3 is 14.5 Å². The molecule has 2 aliphatic rings. The SMILES string of the molecule is CCc1cc(C(=O)N2CCCC(C(=O)N3CCOCC3)C2)n[nH]1. The highest BCUT2D eigenvalue weighted by atomic mass is 16.5. The number of carbonyl (C=O) groups excluding carboxylic acids is 2. The standard InChI is InChI=1S/C16H24N4O3/c1-2-13-10-14(18-17-13)16(22)20-5-3-4-12(11-20)15(21)19-6-8-23-9-7-19/h10,12H,2-9,11H2,1H3,(H,17,18). The van der Waals surface area contributed by atoms with Gasteiger partial charge in [-0.2, -0.15) is 5.10 Å². The number of hydrogen-bond donors (Lipinski definition) is 1. The van der Waals surface area contributed by atoms with Gasteiger partial charge in [-0.1, -0.05) is 6.92 Å². The third-order valence-electron chi connectivity index (χ3n) is 4.61. The highest BCUT2D eigenvalue weighted by Gasteiger charge is 2.32. The molecule has 7 nitrogen and oxygen atoms in total. The van der Waals surface area contributed by atoms with Crippen molar-refractivity contribution < 1.29 is 14.3 Å². The van der Waals surface area contributed by atoms with Gasteiger partial charge in [-0.25, -0.2) is 0 Å². The molecule has 0 bridgehead atoms. The molecule has 0 aromatic carbocycles. The second-order valence-corrected chi connectivity index (χ2v) is 6.16. The largest absolute Gasteiger partial charge is 0.378 e. The molecule has 3 heterocycles. The number of aromatic nitrogens is 2. The minimum atomic E-state index is -0.101. The fourth-order valence-electron chi connectivity index (χ4n) is 3.22. The van der Waals surface area contributed by atoms with Crippen LogP contribution in [-0.2, 0) is 16.0 Å². The summed E-state index contributed by atoms with van der Waals surface area (Å²) >= 11 is 0. The van der Waals surface area contributed by atoms with Crippen LogP contribution in [0.4, 0.5) is 0 Å². The summed E-state index contributed by atoms with van der Waals surface area (Å²) in [4.78, 5) is 28.8. The Bertz CT molecular complexity index is 565. The van der Waals surface area contributed by atoms with Crippen molar-refractivity contribution in [2.45, 2.75) is 26.2 Å². The Hall–Kier alpha value is -1.89. The van der Waals surface area contributed by atoms with E-state index in [-0.39, 0.29) is 17.7 Å². The summed E-state index contributed by atoms with van der Waals surface area (Å²) in [6.07, 6.45) is 2.52. The number of nitrogens with one attached hydrogen (secondary N) is 1. The number of nitrogens with zero attached hydrogens (tertiary/aromatic N) is 3. The number of H-pyrrole nitrogens is 1. The maximum Gasteiger partial charge on any atom is 0.274 e. The van der Waals surface area contributed by atoms with Crippen LogP contribution in [0.15, 0.2) is 6.07 Å². The molecule has 0 spiro atoms. The average Bonchev–Trinajstić information content (AvgIpc) is 3.10. The molecule has 1 aromatic rings. The third kappa shape index (κ3) is 3.55. The summed E-state index contributed by atoms with van der Waals surface area (Å²) in [5.74, 6) is -0.0297. The number of piperidine rings is 1. The van der Waals surface area contributed by atoms with Crippen LogP contribution in [0, 0.1) is 5.92 Å². The number of ether oxygens (including phenoxy) is 1. The molecule has 1 atom stereocenters. The molecule has 1 N–H and O–H groups in total. The van der Waals surface area contributed by atoms with E-state index in [4.69, 9.17) is 4.74 Å². The molecule has 0 radical (unpaired) electrons. The van der Waals surface area contributed by atoms with E-state index in [9.17, 15) is 9.59 Å². The lowest BCUT2D eigenvalue weighted by Gasteiger charge is -2.36. The van der Waals surface area contributed by atoms with Crippen LogP contribution >= 0.6 is 0 Å². The quantitative estimate of drug-likeness (QED) is 0.888. The number of aromatic amines is 1. The average molecular weight is 320 g/mol. The third-order valence-corrected chi connectivity index (χ3v) is 4.61. The minimum Gasteiger partial charge on any atom is -0.378 e. The van der Waals surface area contributed by atoms with Gasteiger partial charge in [0, 0.05) is 31.9 Å². The molecule has 2 amide bonds. The molecule has 1 aromatic heterocycles. The van der Waals surface area contributed by atoms with Crippen LogP contribution in [0.3, 0.4) is 0 Å². The number of aryl methyl sites for hydroxylation is 1. The van der Waals surface area contributed by atoms with Gasteiger partial charge in [0.15, 0.2) is 0 Å². The molecule has 3 rings (SSSR count). The predicted octanol–water partition coefficient (Wildman–Crippen LogP) is 0.683. The zero-order chi connectivity index (χ0) is 16.2. The molecular formula is C16H24N4O3. The maximum atomic E-state index is 12.6. The lowest BCUT2D eigenvalue weighted by molar-refractivity contribution is -0.141. The van der Waals surface area contributed by atoms with Crippen molar-refractivity contribution in [2.24, 2.45) is 5.92 Å². The Morgan fingerprint density at radius 2 is 2.09 bits per heavy atom. The highest BCUT2D eigenvalue weighted by Crippen LogP contribution is 2.21. The number of morpholine rings is 1. The first kappa shape index (κ1) is 16.0. The Morgan fingerprint density at radius 1 is 1.30 bits per heavy atom. The summed E-state index contributed by atoms with van der Waals surface area (Å²) in [5, 5.41) is 6.97. The lowest BCUT2D eigenvalue weighted by Crippen LogP contribution is -2.49. The van der Waals surface area contributed by atoms with E-state index in [2.05, 4.69) is 10.2 Å². The second kappa shape index (κ2) is 7.12. The predicted molar refractivity (Wildman–Crippen MR) is 84.0 cm³/mol. The zero-order valence-electron chi connectivity index (χ0n) is 13.6. The number of carbonyl (C=O) groups is 2. The summed E-state index contributed by atoms with van der Waals surface area (Å²) in [5.41, 5.74) is 1.40. The van der Waals surface area contributed by atoms with E-state index in [1.807, 2.05) is 11.8 Å². The highest BCUT2D eigenvalue weighted by molar-refractivity contribution is 5.93. The summed E-state index contributed by atoms with van der Waals surface area (Å²) < 4.78 is 5.30. The van der Waals surface area contributed by atoms with E-state index in [0.29, 0.717) is 45.1 Å². The van der Waals surface area contributed by atoms with Crippen molar-refractivity contribution in [3.8, 4) is 0 Å². The molecule has 2 saturated heterocycles. The maximum absolute atomic E-state index is 12.6. The van der Waals surface area contributed by atoms with E-state index in [1.165, 1.54) is 0 Å². The molecule has 126 valence electrons. The van der Waals surface area contributed by atoms with Gasteiger partial charge in [0.1, 0.15) is 5.69 Å². The van der Waals surface area contributed by atoms with Crippen molar-refractivity contribution in [2.75, 3.05) is 39.4 Å². The van der Waals surface area contributed by atoms with Gasteiger partial charge in [-0.15, -0.1) is 0 Å². The van der Waals surface area contributed by atoms with Crippen LogP contribution < -0.4 is 0 Å². The zero-order valence-corrected chi connectivity index (χ0v) is 13.6. The lowest BCUT2D eigenvalue weighted by atomic mass is 9.96. The molecule has 2 aliphatic heterocycles. The first-order valence-electron chi connectivity index (χ1n) is 8.39. The van der Waals surface area contributed by atoms with Crippen molar-refractivity contribution in [3.63, 3.8) is 0 Å². The van der Waals surface area contributed by atoms with Crippen molar-refractivity contribution in [1.29, 1.82) is 0 Å². The van der Waals surface area contributed by atoms with E-state index >= 15 is 0 Å². The number of rotatable bonds is 3. The number of likely N-dealkylation sites (tertiary alicyclic amines) is 1. The molecule has 0 aliphatic carbocycles. The Kier molecular flexibility index (Phi) is 4.95. The van der Waals surface area contributed by atoms with Crippen molar-refractivity contribution >= 4 is 11.8 Å². The van der Waals surface area contributed by atoms with Crippen LogP contribution in [0.25, 0.3) is 0 Å². The van der Waals surface area contributed by atoms with E-state index in [1.54, 1.807) is 11.0 Å². The molecule has 0 saturated carbocycles. The second-order valence-electron chi connectivity index (χ2n) is 6.16. The van der Waals surface area contributed by atoms with Crippen LogP contribution in [0.2, 0.25) is 0 Å². The summed E-state index contributed by atoms with van der Waals surface area (Å²) in [6.45, 7) is 5.72. The fraction of sp³-hybridized carbons (Fsp3) is 0.688. The fourth-order valence-corrected chi connectivity index (χ4v) is 3.22. The molecular weight excluding hydrogens is 296 g/mol. The Morgan fingerprint density at radius 3 is 2.78 bits per heavy atom. The first-order valence-corrected chi connectivity index (χ1v) is 8.39. The van der Waals surface area contributed by atoms with Gasteiger partial charge >= 0.3 is 0 Å². The topological polar surface area (TPSA) is 78.5 Å². The molecule has 23 heavy (non-hydrogen) atoms. The summed E-state index contributed by atoms with van der Waals surface area (Å²) in [6, 6.07) is 1.80. The van der Waals surface area contributed by atoms with E-state index < -0.39 is 0 Å². The Labute approximate surface area is 136 Å². The van der Waals surface area contributed by atoms with Crippen molar-refractivity contribution in [1.82, 2.24) is 20.0 Å². The van der Waals surface area contributed by atoms with Gasteiger partial charge in [-0.05, 0) is 25.3 Å². The van der Waals surface area contributed by atoms with Crippen LogP contribution in [-0.4, -0.2) is 71.2 Å². The molecule has 1 unspecified atom stereocenters. The smallest absolute Gasteiger partial charge is 0.274 e. The molecule has 7 heteroatoms. The number of amides is 2. The van der Waals surface area contributed by atoms with Crippen molar-refractivity contribution in [3.05, 3.63) is 17.5 Å². The van der Waals surface area contributed by atoms with Gasteiger partial charge in [0.25, 0.3) is 5.91 Å². The van der Waals surface area contributed by atoms with Crippen LogP contribution in [0.1, 0.15) is 35.9 Å². The van der Waals surface area contributed by atoms with Gasteiger partial charge in [-0.3, -0.25) is 14.7 Å². The minimum absolute atomic E-state index is 0.0829. The normalized spacial score (nSPS) is 22.2. The van der Waals surface area contributed by atoms with Crippen LogP contribution in [0.5, 0.6) is 0 Å². The summed E-state index contributed by atoms with van der Waals surface area (Å²) in [7, 11) is 0. The first-order chi connectivity index (χ1) is 11.2. The molecule has 2 fully saturated rings. The van der Waals surface area contributed by atoms with Gasteiger partial charge in [0.05, 0.1) is 19.1 Å². The number of hydrogen-bond acceptors (Lipinski definition) is 4. The monoisotopic (exact) mass is 320 g/mol.